The van der Waals surface area contributed by atoms with E-state index < -0.39 is 0 Å². The lowest BCUT2D eigenvalue weighted by atomic mass is 9.81. The third-order valence-corrected chi connectivity index (χ3v) is 3.55. The van der Waals surface area contributed by atoms with E-state index in [-0.39, 0.29) is 0 Å². The van der Waals surface area contributed by atoms with Gasteiger partial charge in [-0.05, 0) is 37.0 Å². The summed E-state index contributed by atoms with van der Waals surface area (Å²) in [7, 11) is 0. The van der Waals surface area contributed by atoms with Crippen molar-refractivity contribution in [3.05, 3.63) is 0 Å². The number of aliphatic hydroxyl groups is 1. The molecule has 1 N–H and O–H groups in total. The van der Waals surface area contributed by atoms with E-state index in [1.807, 2.05) is 0 Å². The zero-order valence-electron chi connectivity index (χ0n) is 10.4. The van der Waals surface area contributed by atoms with Crippen LogP contribution in [0.25, 0.3) is 0 Å². The van der Waals surface area contributed by atoms with Gasteiger partial charge in [0.2, 0.25) is 0 Å². The van der Waals surface area contributed by atoms with Crippen LogP contribution in [0.1, 0.15) is 59.8 Å². The Bertz CT molecular complexity index is 122. The van der Waals surface area contributed by atoms with Gasteiger partial charge in [-0.25, -0.2) is 0 Å². The van der Waals surface area contributed by atoms with Crippen molar-refractivity contribution in [3.8, 4) is 0 Å². The lowest BCUT2D eigenvalue weighted by molar-refractivity contribution is 0.229. The van der Waals surface area contributed by atoms with Crippen molar-refractivity contribution in [2.24, 2.45) is 17.8 Å². The first-order valence-electron chi connectivity index (χ1n) is 6.26. The van der Waals surface area contributed by atoms with Gasteiger partial charge in [0, 0.05) is 6.61 Å². The zero-order chi connectivity index (χ0) is 11.0. The highest BCUT2D eigenvalue weighted by atomic mass is 16.2. The molecule has 0 aliphatic heterocycles. The molecule has 0 spiro atoms. The zero-order valence-corrected chi connectivity index (χ0v) is 10.4. The molecule has 0 amide bonds. The third kappa shape index (κ3) is 5.64. The first kappa shape index (κ1) is 14.0. The Morgan fingerprint density at radius 2 is 1.71 bits per heavy atom. The molecule has 0 heterocycles. The maximum absolute atomic E-state index is 8.80. The average molecular weight is 200 g/mol. The van der Waals surface area contributed by atoms with Gasteiger partial charge in [0.25, 0.3) is 0 Å². The molecule has 0 saturated carbocycles. The molecule has 0 saturated heterocycles. The van der Waals surface area contributed by atoms with Crippen molar-refractivity contribution >= 4 is 0 Å². The standard InChI is InChI=1S/C13H28O/c1-5-11(3)10-13(6-2)12(4)8-7-9-14/h11-14H,5-10H2,1-4H3. The monoisotopic (exact) mass is 200 g/mol. The second-order valence-corrected chi connectivity index (χ2v) is 4.76. The largest absolute Gasteiger partial charge is 0.396 e. The van der Waals surface area contributed by atoms with E-state index in [4.69, 9.17) is 5.11 Å². The number of hydrogen-bond acceptors (Lipinski definition) is 1. The van der Waals surface area contributed by atoms with E-state index >= 15 is 0 Å². The molecule has 3 unspecified atom stereocenters. The van der Waals surface area contributed by atoms with E-state index in [1.54, 1.807) is 0 Å². The highest BCUT2D eigenvalue weighted by molar-refractivity contribution is 4.68. The van der Waals surface area contributed by atoms with E-state index in [2.05, 4.69) is 27.7 Å². The maximum atomic E-state index is 8.80. The molecule has 86 valence electrons. The van der Waals surface area contributed by atoms with Crippen molar-refractivity contribution in [2.75, 3.05) is 6.61 Å². The van der Waals surface area contributed by atoms with E-state index in [1.165, 1.54) is 25.7 Å². The summed E-state index contributed by atoms with van der Waals surface area (Å²) < 4.78 is 0. The van der Waals surface area contributed by atoms with Crippen LogP contribution in [-0.2, 0) is 0 Å². The van der Waals surface area contributed by atoms with Crippen LogP contribution in [-0.4, -0.2) is 11.7 Å². The van der Waals surface area contributed by atoms with Crippen LogP contribution < -0.4 is 0 Å². The molecule has 0 aliphatic rings. The summed E-state index contributed by atoms with van der Waals surface area (Å²) in [5.41, 5.74) is 0. The van der Waals surface area contributed by atoms with Gasteiger partial charge in [0.15, 0.2) is 0 Å². The highest BCUT2D eigenvalue weighted by Crippen LogP contribution is 2.27. The van der Waals surface area contributed by atoms with Crippen molar-refractivity contribution in [2.45, 2.75) is 59.8 Å². The first-order chi connectivity index (χ1) is 6.65. The van der Waals surface area contributed by atoms with Crippen molar-refractivity contribution < 1.29 is 5.11 Å². The Morgan fingerprint density at radius 1 is 1.07 bits per heavy atom. The quantitative estimate of drug-likeness (QED) is 0.631. The van der Waals surface area contributed by atoms with E-state index in [9.17, 15) is 0 Å². The fraction of sp³-hybridized carbons (Fsp3) is 1.00. The van der Waals surface area contributed by atoms with E-state index in [0.717, 1.165) is 24.2 Å². The Labute approximate surface area is 89.9 Å². The minimum atomic E-state index is 0.351. The molecule has 0 aliphatic carbocycles. The lowest BCUT2D eigenvalue weighted by Crippen LogP contribution is -2.14. The molecule has 3 atom stereocenters. The molecule has 1 heteroatoms. The van der Waals surface area contributed by atoms with Crippen LogP contribution in [0.5, 0.6) is 0 Å². The van der Waals surface area contributed by atoms with Crippen LogP contribution in [0.4, 0.5) is 0 Å². The van der Waals surface area contributed by atoms with Gasteiger partial charge in [-0.15, -0.1) is 0 Å². The summed E-state index contributed by atoms with van der Waals surface area (Å²) in [6, 6.07) is 0. The Morgan fingerprint density at radius 3 is 2.14 bits per heavy atom. The summed E-state index contributed by atoms with van der Waals surface area (Å²) in [6.45, 7) is 9.61. The Balaban J connectivity index is 3.85. The van der Waals surface area contributed by atoms with E-state index in [0.29, 0.717) is 6.61 Å². The molecule has 0 rings (SSSR count). The minimum Gasteiger partial charge on any atom is -0.396 e. The number of aliphatic hydroxyl groups excluding tert-OH is 1. The molecule has 0 aromatic rings. The topological polar surface area (TPSA) is 20.2 Å². The summed E-state index contributed by atoms with van der Waals surface area (Å²) >= 11 is 0. The SMILES string of the molecule is CCC(C)CC(CC)C(C)CCCO. The molecule has 14 heavy (non-hydrogen) atoms. The molecule has 0 radical (unpaired) electrons. The summed E-state index contributed by atoms with van der Waals surface area (Å²) in [5, 5.41) is 8.80. The van der Waals surface area contributed by atoms with Gasteiger partial charge < -0.3 is 5.11 Å². The number of hydrogen-bond donors (Lipinski definition) is 1. The van der Waals surface area contributed by atoms with Gasteiger partial charge in [0.05, 0.1) is 0 Å². The fourth-order valence-corrected chi connectivity index (χ4v) is 2.13. The summed E-state index contributed by atoms with van der Waals surface area (Å²) in [5.74, 6) is 2.49. The van der Waals surface area contributed by atoms with Crippen molar-refractivity contribution in [3.63, 3.8) is 0 Å². The molecular formula is C13H28O. The second-order valence-electron chi connectivity index (χ2n) is 4.76. The normalized spacial score (nSPS) is 17.8. The lowest BCUT2D eigenvalue weighted by Gasteiger charge is -2.25. The first-order valence-corrected chi connectivity index (χ1v) is 6.26. The average Bonchev–Trinajstić information content (AvgIpc) is 2.21. The minimum absolute atomic E-state index is 0.351. The van der Waals surface area contributed by atoms with Gasteiger partial charge >= 0.3 is 0 Å². The van der Waals surface area contributed by atoms with Crippen LogP contribution in [0.2, 0.25) is 0 Å². The smallest absolute Gasteiger partial charge is 0.0431 e. The van der Waals surface area contributed by atoms with Crippen LogP contribution >= 0.6 is 0 Å². The molecule has 0 fully saturated rings. The Hall–Kier alpha value is -0.0400. The van der Waals surface area contributed by atoms with Crippen molar-refractivity contribution in [1.29, 1.82) is 0 Å². The fourth-order valence-electron chi connectivity index (χ4n) is 2.13. The predicted molar refractivity (Wildman–Crippen MR) is 63.3 cm³/mol. The highest BCUT2D eigenvalue weighted by Gasteiger charge is 2.17. The van der Waals surface area contributed by atoms with Gasteiger partial charge in [0.1, 0.15) is 0 Å². The maximum Gasteiger partial charge on any atom is 0.0431 e. The molecule has 0 aromatic heterocycles. The molecule has 1 nitrogen and oxygen atoms in total. The third-order valence-electron chi connectivity index (χ3n) is 3.55. The Kier molecular flexibility index (Phi) is 8.26. The van der Waals surface area contributed by atoms with Crippen LogP contribution in [0, 0.1) is 17.8 Å². The van der Waals surface area contributed by atoms with Crippen molar-refractivity contribution in [1.82, 2.24) is 0 Å². The van der Waals surface area contributed by atoms with Crippen LogP contribution in [0.3, 0.4) is 0 Å². The van der Waals surface area contributed by atoms with Gasteiger partial charge in [-0.2, -0.15) is 0 Å². The summed E-state index contributed by atoms with van der Waals surface area (Å²) in [6.07, 6.45) is 6.10. The second kappa shape index (κ2) is 8.28. The van der Waals surface area contributed by atoms with Gasteiger partial charge in [-0.1, -0.05) is 40.5 Å². The predicted octanol–water partition coefficient (Wildman–Crippen LogP) is 3.86. The molecule has 0 aromatic carbocycles. The number of rotatable bonds is 8. The molecule has 0 bridgehead atoms. The van der Waals surface area contributed by atoms with Crippen LogP contribution in [0.15, 0.2) is 0 Å². The molecular weight excluding hydrogens is 172 g/mol. The van der Waals surface area contributed by atoms with Gasteiger partial charge in [-0.3, -0.25) is 0 Å². The summed E-state index contributed by atoms with van der Waals surface area (Å²) in [4.78, 5) is 0.